The van der Waals surface area contributed by atoms with Crippen molar-refractivity contribution in [1.82, 2.24) is 9.78 Å². The second kappa shape index (κ2) is 10.2. The van der Waals surface area contributed by atoms with Gasteiger partial charge < -0.3 is 15.5 Å². The quantitative estimate of drug-likeness (QED) is 0.395. The molecule has 11 heteroatoms. The monoisotopic (exact) mass is 495 g/mol. The predicted molar refractivity (Wildman–Crippen MR) is 134 cm³/mol. The standard InChI is InChI=1S/C25H27F2N7O2/c1-14(2)29-18-7-8-19(24(22(18)31-28)33-12-11-15(3)13-33)30-25(36)20-9-10-21(35)34(32-20)23-16(26)5-4-6-17(23)27/h4-10,14-15,28-29H,11-13H2,1-3H3,(H,30,36)/t15-/m0/s1. The molecule has 1 aliphatic heterocycles. The summed E-state index contributed by atoms with van der Waals surface area (Å²) in [6.07, 6.45) is 0.952. The molecule has 188 valence electrons. The summed E-state index contributed by atoms with van der Waals surface area (Å²) in [6.45, 7) is 7.53. The number of hydrogen-bond acceptors (Lipinski definition) is 7. The Kier molecular flexibility index (Phi) is 7.09. The van der Waals surface area contributed by atoms with Crippen molar-refractivity contribution in [2.75, 3.05) is 28.6 Å². The highest BCUT2D eigenvalue weighted by atomic mass is 19.1. The summed E-state index contributed by atoms with van der Waals surface area (Å²) >= 11 is 0. The minimum absolute atomic E-state index is 0.0975. The zero-order valence-electron chi connectivity index (χ0n) is 20.2. The predicted octanol–water partition coefficient (Wildman–Crippen LogP) is 5.09. The van der Waals surface area contributed by atoms with E-state index in [4.69, 9.17) is 5.53 Å². The summed E-state index contributed by atoms with van der Waals surface area (Å²) < 4.78 is 29.1. The fourth-order valence-corrected chi connectivity index (χ4v) is 4.25. The van der Waals surface area contributed by atoms with Crippen LogP contribution in [-0.2, 0) is 0 Å². The second-order valence-corrected chi connectivity index (χ2v) is 9.10. The topological polar surface area (TPSA) is 115 Å². The lowest BCUT2D eigenvalue weighted by Gasteiger charge is -2.26. The van der Waals surface area contributed by atoms with Crippen LogP contribution < -0.4 is 21.1 Å². The third-order valence-corrected chi connectivity index (χ3v) is 5.88. The van der Waals surface area contributed by atoms with E-state index in [-0.39, 0.29) is 11.7 Å². The van der Waals surface area contributed by atoms with Crippen molar-refractivity contribution in [1.29, 1.82) is 5.53 Å². The summed E-state index contributed by atoms with van der Waals surface area (Å²) in [5.74, 6) is -2.23. The summed E-state index contributed by atoms with van der Waals surface area (Å²) in [6, 6.07) is 8.93. The van der Waals surface area contributed by atoms with E-state index in [1.165, 1.54) is 12.1 Å². The first-order valence-electron chi connectivity index (χ1n) is 11.6. The molecule has 9 nitrogen and oxygen atoms in total. The highest BCUT2D eigenvalue weighted by Gasteiger charge is 2.27. The van der Waals surface area contributed by atoms with Crippen LogP contribution in [0.4, 0.5) is 31.5 Å². The first-order chi connectivity index (χ1) is 17.2. The lowest BCUT2D eigenvalue weighted by molar-refractivity contribution is 0.102. The van der Waals surface area contributed by atoms with Crippen molar-refractivity contribution in [3.63, 3.8) is 0 Å². The summed E-state index contributed by atoms with van der Waals surface area (Å²) in [5, 5.41) is 13.8. The fourth-order valence-electron chi connectivity index (χ4n) is 4.25. The molecule has 0 aliphatic carbocycles. The lowest BCUT2D eigenvalue weighted by Crippen LogP contribution is -2.27. The molecule has 36 heavy (non-hydrogen) atoms. The highest BCUT2D eigenvalue weighted by molar-refractivity contribution is 6.06. The van der Waals surface area contributed by atoms with Crippen LogP contribution in [-0.4, -0.2) is 34.8 Å². The Morgan fingerprint density at radius 3 is 2.42 bits per heavy atom. The maximum absolute atomic E-state index is 14.3. The Morgan fingerprint density at radius 2 is 1.81 bits per heavy atom. The number of aromatic nitrogens is 2. The number of anilines is 3. The number of nitrogens with one attached hydrogen (secondary N) is 3. The number of nitrogens with zero attached hydrogens (tertiary/aromatic N) is 4. The SMILES string of the molecule is CC(C)Nc1ccc(NC(=O)c2ccc(=O)n(-c3c(F)cccc3F)n2)c(N2CC[C@H](C)C2)c1N=N. The zero-order chi connectivity index (χ0) is 26.0. The van der Waals surface area contributed by atoms with Gasteiger partial charge in [0.25, 0.3) is 11.5 Å². The van der Waals surface area contributed by atoms with Gasteiger partial charge in [-0.05, 0) is 56.5 Å². The first-order valence-corrected chi connectivity index (χ1v) is 11.6. The normalized spacial score (nSPS) is 15.3. The van der Waals surface area contributed by atoms with Gasteiger partial charge in [0, 0.05) is 25.2 Å². The molecule has 1 aromatic heterocycles. The van der Waals surface area contributed by atoms with E-state index in [0.717, 1.165) is 37.7 Å². The molecule has 3 N–H and O–H groups in total. The van der Waals surface area contributed by atoms with E-state index in [1.807, 2.05) is 13.8 Å². The van der Waals surface area contributed by atoms with Crippen molar-refractivity contribution < 1.29 is 13.6 Å². The number of halogens is 2. The lowest BCUT2D eigenvalue weighted by atomic mass is 10.1. The molecule has 2 aromatic carbocycles. The summed E-state index contributed by atoms with van der Waals surface area (Å²) in [4.78, 5) is 27.6. The van der Waals surface area contributed by atoms with Gasteiger partial charge in [-0.15, -0.1) is 0 Å². The van der Waals surface area contributed by atoms with Gasteiger partial charge in [0.05, 0.1) is 17.1 Å². The minimum Gasteiger partial charge on any atom is -0.381 e. The number of para-hydroxylation sites is 1. The van der Waals surface area contributed by atoms with Crippen molar-refractivity contribution in [3.8, 4) is 5.69 Å². The molecule has 0 unspecified atom stereocenters. The molecule has 0 spiro atoms. The van der Waals surface area contributed by atoms with Gasteiger partial charge in [0.2, 0.25) is 0 Å². The van der Waals surface area contributed by atoms with Gasteiger partial charge in [-0.1, -0.05) is 13.0 Å². The molecule has 0 radical (unpaired) electrons. The number of hydrogen-bond donors (Lipinski definition) is 3. The third kappa shape index (κ3) is 4.95. The van der Waals surface area contributed by atoms with E-state index in [9.17, 15) is 18.4 Å². The van der Waals surface area contributed by atoms with Crippen LogP contribution in [0.15, 0.2) is 52.4 Å². The Morgan fingerprint density at radius 1 is 1.11 bits per heavy atom. The maximum Gasteiger partial charge on any atom is 0.276 e. The Bertz CT molecular complexity index is 1350. The van der Waals surface area contributed by atoms with Crippen LogP contribution in [0.5, 0.6) is 0 Å². The van der Waals surface area contributed by atoms with Gasteiger partial charge in [-0.25, -0.2) is 14.3 Å². The van der Waals surface area contributed by atoms with E-state index in [1.54, 1.807) is 12.1 Å². The van der Waals surface area contributed by atoms with Crippen molar-refractivity contribution in [2.45, 2.75) is 33.2 Å². The fraction of sp³-hybridized carbons (Fsp3) is 0.320. The number of carbonyl (C=O) groups excluding carboxylic acids is 1. The third-order valence-electron chi connectivity index (χ3n) is 5.88. The van der Waals surface area contributed by atoms with Gasteiger partial charge in [0.1, 0.15) is 17.1 Å². The van der Waals surface area contributed by atoms with Gasteiger partial charge in [0.15, 0.2) is 11.6 Å². The van der Waals surface area contributed by atoms with Gasteiger partial charge in [-0.2, -0.15) is 14.9 Å². The van der Waals surface area contributed by atoms with Crippen LogP contribution in [0.3, 0.4) is 0 Å². The molecule has 0 saturated carbocycles. The molecule has 3 aromatic rings. The largest absolute Gasteiger partial charge is 0.381 e. The van der Waals surface area contributed by atoms with E-state index in [0.29, 0.717) is 33.3 Å². The summed E-state index contributed by atoms with van der Waals surface area (Å²) in [7, 11) is 0. The van der Waals surface area contributed by atoms with E-state index in [2.05, 4.69) is 32.7 Å². The number of carbonyl (C=O) groups is 1. The average molecular weight is 496 g/mol. The molecule has 0 bridgehead atoms. The number of benzene rings is 2. The summed E-state index contributed by atoms with van der Waals surface area (Å²) in [5.41, 5.74) is 8.23. The van der Waals surface area contributed by atoms with Crippen LogP contribution in [0.25, 0.3) is 5.69 Å². The van der Waals surface area contributed by atoms with Crippen LogP contribution in [0, 0.1) is 23.1 Å². The molecule has 1 saturated heterocycles. The van der Waals surface area contributed by atoms with Gasteiger partial charge in [-0.3, -0.25) is 9.59 Å². The molecule has 1 atom stereocenters. The van der Waals surface area contributed by atoms with Crippen LogP contribution in [0.1, 0.15) is 37.7 Å². The molecule has 1 aliphatic rings. The Labute approximate surface area is 206 Å². The van der Waals surface area contributed by atoms with E-state index >= 15 is 0 Å². The maximum atomic E-state index is 14.3. The molecule has 1 fully saturated rings. The minimum atomic E-state index is -0.984. The van der Waals surface area contributed by atoms with Crippen LogP contribution in [0.2, 0.25) is 0 Å². The molecule has 4 rings (SSSR count). The highest BCUT2D eigenvalue weighted by Crippen LogP contribution is 2.44. The Hall–Kier alpha value is -4.15. The average Bonchev–Trinajstić information content (AvgIpc) is 3.26. The van der Waals surface area contributed by atoms with Crippen molar-refractivity contribution >= 4 is 28.7 Å². The molecule has 1 amide bonds. The van der Waals surface area contributed by atoms with E-state index < -0.39 is 28.8 Å². The number of rotatable bonds is 7. The number of amides is 1. The first kappa shape index (κ1) is 25.0. The zero-order valence-corrected chi connectivity index (χ0v) is 20.2. The molecular formula is C25H27F2N7O2. The van der Waals surface area contributed by atoms with Crippen molar-refractivity contribution in [3.05, 3.63) is 70.1 Å². The van der Waals surface area contributed by atoms with Crippen LogP contribution >= 0.6 is 0 Å². The van der Waals surface area contributed by atoms with Gasteiger partial charge >= 0.3 is 0 Å². The smallest absolute Gasteiger partial charge is 0.276 e. The second-order valence-electron chi connectivity index (χ2n) is 9.10. The van der Waals surface area contributed by atoms with Crippen molar-refractivity contribution in [2.24, 2.45) is 11.0 Å². The Balaban J connectivity index is 1.74. The molecule has 2 heterocycles. The molecular weight excluding hydrogens is 468 g/mol.